The predicted octanol–water partition coefficient (Wildman–Crippen LogP) is 1.94. The highest BCUT2D eigenvalue weighted by Crippen LogP contribution is 2.26. The summed E-state index contributed by atoms with van der Waals surface area (Å²) < 4.78 is 5.48. The maximum absolute atomic E-state index is 12.3. The molecule has 6 nitrogen and oxygen atoms in total. The molecule has 0 spiro atoms. The lowest BCUT2D eigenvalue weighted by Crippen LogP contribution is -2.16. The molecule has 2 rings (SSSR count). The van der Waals surface area contributed by atoms with Gasteiger partial charge in [0.25, 0.3) is 0 Å². The Labute approximate surface area is 127 Å². The number of H-pyrrole nitrogens is 1. The first-order chi connectivity index (χ1) is 10.4. The Morgan fingerprint density at radius 1 is 1.41 bits per heavy atom. The van der Waals surface area contributed by atoms with E-state index in [2.05, 4.69) is 4.98 Å². The number of aryl methyl sites for hydroxylation is 1. The van der Waals surface area contributed by atoms with E-state index in [9.17, 15) is 14.7 Å². The highest BCUT2D eigenvalue weighted by atomic mass is 16.5. The number of aliphatic hydroxyl groups is 1. The quantitative estimate of drug-likeness (QED) is 0.757. The van der Waals surface area contributed by atoms with Crippen LogP contribution in [-0.2, 0) is 6.42 Å². The van der Waals surface area contributed by atoms with Crippen LogP contribution in [0.5, 0.6) is 5.75 Å². The molecule has 0 amide bonds. The second-order valence-electron chi connectivity index (χ2n) is 5.24. The summed E-state index contributed by atoms with van der Waals surface area (Å²) in [5, 5.41) is 18.7. The number of rotatable bonds is 6. The Bertz CT molecular complexity index is 748. The van der Waals surface area contributed by atoms with Crippen molar-refractivity contribution in [2.75, 3.05) is 6.61 Å². The first kappa shape index (κ1) is 16.0. The summed E-state index contributed by atoms with van der Waals surface area (Å²) in [5.74, 6) is -0.842. The Kier molecular flexibility index (Phi) is 4.82. The molecule has 0 radical (unpaired) electrons. The average Bonchev–Trinajstić information content (AvgIpc) is 2.46. The number of nitrogens with one attached hydrogen (secondary N) is 1. The number of aliphatic hydroxyl groups excluding tert-OH is 1. The van der Waals surface area contributed by atoms with Gasteiger partial charge >= 0.3 is 5.97 Å². The zero-order chi connectivity index (χ0) is 16.3. The van der Waals surface area contributed by atoms with Gasteiger partial charge in [-0.15, -0.1) is 0 Å². The van der Waals surface area contributed by atoms with E-state index in [0.29, 0.717) is 23.1 Å². The lowest BCUT2D eigenvalue weighted by Gasteiger charge is -2.13. The third-order valence-electron chi connectivity index (χ3n) is 3.26. The molecular formula is C16H19NO5. The highest BCUT2D eigenvalue weighted by Gasteiger charge is 2.15. The zero-order valence-electron chi connectivity index (χ0n) is 12.5. The number of hydrogen-bond acceptors (Lipinski definition) is 4. The molecule has 1 unspecified atom stereocenters. The number of carboxylic acids is 1. The SMILES string of the molecule is CCCc1ccc(OCC(C)O)c2c(=O)cc(C(=O)O)[nH]c12. The summed E-state index contributed by atoms with van der Waals surface area (Å²) in [6, 6.07) is 4.55. The second-order valence-corrected chi connectivity index (χ2v) is 5.24. The van der Waals surface area contributed by atoms with Crippen LogP contribution in [0.25, 0.3) is 10.9 Å². The van der Waals surface area contributed by atoms with Gasteiger partial charge < -0.3 is 19.9 Å². The molecule has 118 valence electrons. The number of aromatic nitrogens is 1. The summed E-state index contributed by atoms with van der Waals surface area (Å²) in [7, 11) is 0. The third-order valence-corrected chi connectivity index (χ3v) is 3.26. The molecule has 0 aliphatic carbocycles. The minimum atomic E-state index is -1.18. The first-order valence-electron chi connectivity index (χ1n) is 7.17. The van der Waals surface area contributed by atoms with Crippen LogP contribution in [0.3, 0.4) is 0 Å². The predicted molar refractivity (Wildman–Crippen MR) is 82.7 cm³/mol. The van der Waals surface area contributed by atoms with Gasteiger partial charge in [0.1, 0.15) is 18.1 Å². The van der Waals surface area contributed by atoms with E-state index in [1.807, 2.05) is 13.0 Å². The monoisotopic (exact) mass is 305 g/mol. The molecule has 6 heteroatoms. The van der Waals surface area contributed by atoms with Gasteiger partial charge in [-0.1, -0.05) is 19.4 Å². The van der Waals surface area contributed by atoms with Gasteiger partial charge in [0.2, 0.25) is 0 Å². The molecule has 22 heavy (non-hydrogen) atoms. The van der Waals surface area contributed by atoms with Crippen molar-refractivity contribution in [2.24, 2.45) is 0 Å². The lowest BCUT2D eigenvalue weighted by atomic mass is 10.0. The number of ether oxygens (including phenoxy) is 1. The van der Waals surface area contributed by atoms with Crippen molar-refractivity contribution >= 4 is 16.9 Å². The van der Waals surface area contributed by atoms with Crippen LogP contribution >= 0.6 is 0 Å². The van der Waals surface area contributed by atoms with E-state index in [0.717, 1.165) is 18.1 Å². The molecule has 0 aliphatic heterocycles. The molecule has 1 heterocycles. The zero-order valence-corrected chi connectivity index (χ0v) is 12.5. The summed E-state index contributed by atoms with van der Waals surface area (Å²) in [6.07, 6.45) is 0.914. The van der Waals surface area contributed by atoms with Crippen molar-refractivity contribution in [1.29, 1.82) is 0 Å². The van der Waals surface area contributed by atoms with E-state index in [4.69, 9.17) is 9.84 Å². The van der Waals surface area contributed by atoms with Crippen LogP contribution in [0.2, 0.25) is 0 Å². The molecule has 1 aromatic carbocycles. The fraction of sp³-hybridized carbons (Fsp3) is 0.375. The molecule has 1 aromatic heterocycles. The van der Waals surface area contributed by atoms with Crippen molar-refractivity contribution in [1.82, 2.24) is 4.98 Å². The molecule has 0 saturated heterocycles. The van der Waals surface area contributed by atoms with Crippen LogP contribution in [0.1, 0.15) is 36.3 Å². The van der Waals surface area contributed by atoms with E-state index in [-0.39, 0.29) is 12.3 Å². The van der Waals surface area contributed by atoms with Crippen molar-refractivity contribution in [2.45, 2.75) is 32.8 Å². The van der Waals surface area contributed by atoms with Crippen LogP contribution in [0.15, 0.2) is 23.0 Å². The van der Waals surface area contributed by atoms with E-state index >= 15 is 0 Å². The number of fused-ring (bicyclic) bond motifs is 1. The molecular weight excluding hydrogens is 286 g/mol. The first-order valence-corrected chi connectivity index (χ1v) is 7.17. The Morgan fingerprint density at radius 2 is 2.14 bits per heavy atom. The maximum Gasteiger partial charge on any atom is 0.352 e. The summed E-state index contributed by atoms with van der Waals surface area (Å²) in [6.45, 7) is 3.64. The fourth-order valence-electron chi connectivity index (χ4n) is 2.31. The molecule has 0 bridgehead atoms. The lowest BCUT2D eigenvalue weighted by molar-refractivity contribution is 0.0691. The number of carboxylic acid groups (broad SMARTS) is 1. The number of benzene rings is 1. The van der Waals surface area contributed by atoms with Gasteiger partial charge in [-0.05, 0) is 25.0 Å². The number of pyridine rings is 1. The minimum absolute atomic E-state index is 0.0579. The number of hydrogen-bond donors (Lipinski definition) is 3. The standard InChI is InChI=1S/C16H19NO5/c1-3-4-10-5-6-13(22-8-9(2)18)14-12(19)7-11(16(20)21)17-15(10)14/h5-7,9,18H,3-4,8H2,1-2H3,(H,17,19)(H,20,21). The van der Waals surface area contributed by atoms with Crippen LogP contribution in [0.4, 0.5) is 0 Å². The maximum atomic E-state index is 12.3. The topological polar surface area (TPSA) is 99.6 Å². The Balaban J connectivity index is 2.67. The van der Waals surface area contributed by atoms with Gasteiger partial charge in [0.15, 0.2) is 5.43 Å². The van der Waals surface area contributed by atoms with Crippen molar-refractivity contribution < 1.29 is 19.7 Å². The third kappa shape index (κ3) is 3.28. The van der Waals surface area contributed by atoms with E-state index in [1.165, 1.54) is 0 Å². The van der Waals surface area contributed by atoms with Gasteiger partial charge in [-0.3, -0.25) is 4.79 Å². The van der Waals surface area contributed by atoms with Crippen LogP contribution in [-0.4, -0.2) is 33.9 Å². The van der Waals surface area contributed by atoms with Gasteiger partial charge in [-0.25, -0.2) is 4.79 Å². The smallest absolute Gasteiger partial charge is 0.352 e. The molecule has 1 atom stereocenters. The normalized spacial score (nSPS) is 12.3. The minimum Gasteiger partial charge on any atom is -0.490 e. The summed E-state index contributed by atoms with van der Waals surface area (Å²) >= 11 is 0. The van der Waals surface area contributed by atoms with Crippen molar-refractivity contribution in [3.63, 3.8) is 0 Å². The Morgan fingerprint density at radius 3 is 2.73 bits per heavy atom. The van der Waals surface area contributed by atoms with Crippen molar-refractivity contribution in [3.05, 3.63) is 39.7 Å². The van der Waals surface area contributed by atoms with Crippen LogP contribution in [0, 0.1) is 0 Å². The van der Waals surface area contributed by atoms with Gasteiger partial charge in [0.05, 0.1) is 17.0 Å². The van der Waals surface area contributed by atoms with E-state index in [1.54, 1.807) is 13.0 Å². The summed E-state index contributed by atoms with van der Waals surface area (Å²) in [5.41, 5.74) is 0.782. The van der Waals surface area contributed by atoms with Gasteiger partial charge in [0, 0.05) is 6.07 Å². The fourth-order valence-corrected chi connectivity index (χ4v) is 2.31. The molecule has 2 aromatic rings. The largest absolute Gasteiger partial charge is 0.490 e. The van der Waals surface area contributed by atoms with Crippen molar-refractivity contribution in [3.8, 4) is 5.75 Å². The highest BCUT2D eigenvalue weighted by molar-refractivity contribution is 5.93. The number of aromatic carboxylic acids is 1. The number of aromatic amines is 1. The average molecular weight is 305 g/mol. The van der Waals surface area contributed by atoms with E-state index < -0.39 is 17.5 Å². The molecule has 3 N–H and O–H groups in total. The Hall–Kier alpha value is -2.34. The van der Waals surface area contributed by atoms with Crippen LogP contribution < -0.4 is 10.2 Å². The summed E-state index contributed by atoms with van der Waals surface area (Å²) in [4.78, 5) is 26.2. The number of carbonyl (C=O) groups is 1. The molecule has 0 saturated carbocycles. The van der Waals surface area contributed by atoms with Gasteiger partial charge in [-0.2, -0.15) is 0 Å². The molecule has 0 aliphatic rings. The second kappa shape index (κ2) is 6.62. The molecule has 0 fully saturated rings.